The summed E-state index contributed by atoms with van der Waals surface area (Å²) in [5.74, 6) is 0.554. The zero-order valence-corrected chi connectivity index (χ0v) is 26.2. The molecule has 0 aromatic carbocycles. The minimum atomic E-state index is -4.05. The molecular weight excluding hydrogens is 650 g/mol. The molecular formula is C22H39N7O12S3. The maximum absolute atomic E-state index is 10.9. The zero-order chi connectivity index (χ0) is 33.0. The number of nitrogens with two attached hydrogens (primary N) is 3. The first-order valence-corrected chi connectivity index (χ1v) is 16.6. The van der Waals surface area contributed by atoms with Crippen molar-refractivity contribution in [1.29, 1.82) is 0 Å². The fraction of sp³-hybridized carbons (Fsp3) is 0.773. The Bertz CT molecular complexity index is 1290. The van der Waals surface area contributed by atoms with Gasteiger partial charge < -0.3 is 66.7 Å². The van der Waals surface area contributed by atoms with Gasteiger partial charge in [0.25, 0.3) is 0 Å². The largest absolute Gasteiger partial charge is 0.393 e. The predicted molar refractivity (Wildman–Crippen MR) is 159 cm³/mol. The molecule has 22 heteroatoms. The lowest BCUT2D eigenvalue weighted by molar-refractivity contribution is -0.374. The van der Waals surface area contributed by atoms with Crippen molar-refractivity contribution in [2.45, 2.75) is 86.4 Å². The monoisotopic (exact) mass is 689 g/mol. The molecule has 3 heterocycles. The summed E-state index contributed by atoms with van der Waals surface area (Å²) in [4.78, 5) is 8.42. The lowest BCUT2D eigenvalue weighted by Gasteiger charge is -2.51. The van der Waals surface area contributed by atoms with E-state index in [-0.39, 0.29) is 18.2 Å². The minimum absolute atomic E-state index is 0.111. The van der Waals surface area contributed by atoms with Crippen molar-refractivity contribution in [2.75, 3.05) is 24.3 Å². The number of guanidine groups is 1. The van der Waals surface area contributed by atoms with Crippen molar-refractivity contribution in [3.05, 3.63) is 11.1 Å². The number of amidine groups is 1. The molecule has 1 aromatic rings. The van der Waals surface area contributed by atoms with Crippen LogP contribution >= 0.6 is 23.1 Å². The summed E-state index contributed by atoms with van der Waals surface area (Å²) in [7, 11) is -4.05. The zero-order valence-electron chi connectivity index (χ0n) is 23.7. The molecule has 2 saturated heterocycles. The number of aliphatic hydroxyl groups is 7. The maximum Gasteiger partial charge on any atom is 0.318 e. The molecule has 0 spiro atoms. The Kier molecular flexibility index (Phi) is 12.3. The van der Waals surface area contributed by atoms with Gasteiger partial charge in [0, 0.05) is 23.3 Å². The third-order valence-corrected chi connectivity index (χ3v) is 9.15. The smallest absolute Gasteiger partial charge is 0.318 e. The first-order chi connectivity index (χ1) is 20.4. The number of rotatable bonds is 12. The number of hydrogen-bond donors (Lipinski definition) is 11. The molecule has 0 saturated carbocycles. The number of ether oxygens (including phenoxy) is 3. The number of anilines is 1. The molecule has 1 unspecified atom stereocenters. The highest BCUT2D eigenvalue weighted by atomic mass is 32.2. The van der Waals surface area contributed by atoms with Gasteiger partial charge in [-0.3, -0.25) is 0 Å². The fourth-order valence-corrected chi connectivity index (χ4v) is 6.44. The molecule has 2 fully saturated rings. The van der Waals surface area contributed by atoms with Crippen LogP contribution in [-0.2, 0) is 30.2 Å². The average molecular weight is 690 g/mol. The summed E-state index contributed by atoms with van der Waals surface area (Å²) in [6.07, 6.45) is -13.4. The number of hydrogen-bond acceptors (Lipinski definition) is 16. The average Bonchev–Trinajstić information content (AvgIpc) is 3.39. The topological polar surface area (TPSA) is 331 Å². The van der Waals surface area contributed by atoms with Crippen molar-refractivity contribution in [2.24, 2.45) is 26.0 Å². The third kappa shape index (κ3) is 8.94. The van der Waals surface area contributed by atoms with Crippen molar-refractivity contribution in [3.8, 4) is 0 Å². The first kappa shape index (κ1) is 36.7. The molecule has 252 valence electrons. The summed E-state index contributed by atoms with van der Waals surface area (Å²) in [6, 6.07) is 0. The Labute approximate surface area is 260 Å². The summed E-state index contributed by atoms with van der Waals surface area (Å²) in [5, 5.41) is 82.0. The number of thioether (sulfide) groups is 1. The van der Waals surface area contributed by atoms with Crippen LogP contribution in [0.25, 0.3) is 0 Å². The number of nitrogens with one attached hydrogen (secondary N) is 1. The summed E-state index contributed by atoms with van der Waals surface area (Å²) >= 11 is 2.61. The van der Waals surface area contributed by atoms with Crippen molar-refractivity contribution >= 4 is 50.2 Å². The Morgan fingerprint density at radius 2 is 1.75 bits per heavy atom. The Morgan fingerprint density at radius 1 is 1.09 bits per heavy atom. The van der Waals surface area contributed by atoms with Crippen LogP contribution in [0, 0.1) is 0 Å². The summed E-state index contributed by atoms with van der Waals surface area (Å²) in [5.41, 5.74) is 8.68. The van der Waals surface area contributed by atoms with Gasteiger partial charge in [-0.2, -0.15) is 20.2 Å². The van der Waals surface area contributed by atoms with Crippen LogP contribution in [0.1, 0.15) is 26.0 Å². The third-order valence-electron chi connectivity index (χ3n) is 6.87. The van der Waals surface area contributed by atoms with E-state index < -0.39 is 83.8 Å². The van der Waals surface area contributed by atoms with Gasteiger partial charge in [0.1, 0.15) is 53.7 Å². The van der Waals surface area contributed by atoms with Gasteiger partial charge in [0.15, 0.2) is 23.6 Å². The van der Waals surface area contributed by atoms with E-state index in [9.17, 15) is 44.2 Å². The van der Waals surface area contributed by atoms with Gasteiger partial charge in [-0.1, -0.05) is 0 Å². The molecule has 10 atom stereocenters. The van der Waals surface area contributed by atoms with Crippen molar-refractivity contribution in [3.63, 3.8) is 0 Å². The van der Waals surface area contributed by atoms with Crippen LogP contribution in [-0.4, -0.2) is 140 Å². The van der Waals surface area contributed by atoms with E-state index in [0.29, 0.717) is 22.3 Å². The highest BCUT2D eigenvalue weighted by Gasteiger charge is 2.57. The van der Waals surface area contributed by atoms with Gasteiger partial charge in [0.05, 0.1) is 18.9 Å². The van der Waals surface area contributed by atoms with E-state index in [1.807, 2.05) is 0 Å². The van der Waals surface area contributed by atoms with Crippen LogP contribution < -0.4 is 21.9 Å². The Morgan fingerprint density at radius 3 is 2.36 bits per heavy atom. The molecule has 44 heavy (non-hydrogen) atoms. The molecule has 0 aliphatic carbocycles. The molecule has 1 aromatic heterocycles. The van der Waals surface area contributed by atoms with Gasteiger partial charge in [-0.05, 0) is 13.8 Å². The minimum Gasteiger partial charge on any atom is -0.393 e. The lowest BCUT2D eigenvalue weighted by Crippen LogP contribution is -2.69. The highest BCUT2D eigenvalue weighted by molar-refractivity contribution is 7.98. The molecule has 0 bridgehead atoms. The number of aromatic nitrogens is 1. The quantitative estimate of drug-likeness (QED) is 0.0559. The molecule has 19 nitrogen and oxygen atoms in total. The van der Waals surface area contributed by atoms with E-state index in [4.69, 9.17) is 30.8 Å². The van der Waals surface area contributed by atoms with Gasteiger partial charge in [0.2, 0.25) is 0 Å². The second-order valence-corrected chi connectivity index (χ2v) is 13.8. The van der Waals surface area contributed by atoms with E-state index in [1.165, 1.54) is 36.9 Å². The molecule has 3 rings (SSSR count). The van der Waals surface area contributed by atoms with Crippen LogP contribution in [0.3, 0.4) is 0 Å². The van der Waals surface area contributed by atoms with E-state index in [1.54, 1.807) is 5.38 Å². The fourth-order valence-electron chi connectivity index (χ4n) is 4.35. The Balaban J connectivity index is 1.63. The van der Waals surface area contributed by atoms with Crippen LogP contribution in [0.15, 0.2) is 14.8 Å². The molecule has 2 aliphatic heterocycles. The number of aliphatic hydroxyl groups excluding tert-OH is 7. The summed E-state index contributed by atoms with van der Waals surface area (Å²) in [6.45, 7) is 1.09. The van der Waals surface area contributed by atoms with Crippen LogP contribution in [0.4, 0.5) is 5.13 Å². The molecule has 2 aliphatic rings. The number of thiazole rings is 1. The Hall–Kier alpha value is -1.77. The normalized spacial score (nSPS) is 37.2. The van der Waals surface area contributed by atoms with Crippen LogP contribution in [0.5, 0.6) is 0 Å². The first-order valence-electron chi connectivity index (χ1n) is 13.1. The second kappa shape index (κ2) is 14.8. The SMILES string of the molecule is C[C@]1(CO)O[C@@H](O[C@H]2[C@H](O)[C@@H](O)C(N=C(N)Nc3nc(CSCCC(N)=NS(N)(=O)=O)cs3)O[C@]2(C)CO)[C@H](O)[C@@H](O)[C@H]1O. The van der Waals surface area contributed by atoms with Crippen LogP contribution in [0.2, 0.25) is 0 Å². The molecule has 0 amide bonds. The van der Waals surface area contributed by atoms with E-state index in [2.05, 4.69) is 19.7 Å². The highest BCUT2D eigenvalue weighted by Crippen LogP contribution is 2.37. The van der Waals surface area contributed by atoms with E-state index >= 15 is 0 Å². The van der Waals surface area contributed by atoms with E-state index in [0.717, 1.165) is 0 Å². The summed E-state index contributed by atoms with van der Waals surface area (Å²) < 4.78 is 42.0. The van der Waals surface area contributed by atoms with Gasteiger partial charge in [-0.15, -0.1) is 15.7 Å². The van der Waals surface area contributed by atoms with Gasteiger partial charge >= 0.3 is 10.2 Å². The molecule has 14 N–H and O–H groups in total. The second-order valence-electron chi connectivity index (χ2n) is 10.6. The number of nitrogens with zero attached hydrogens (tertiary/aromatic N) is 3. The number of aliphatic imine (C=N–C) groups is 1. The van der Waals surface area contributed by atoms with Crippen molar-refractivity contribution < 1.29 is 58.4 Å². The van der Waals surface area contributed by atoms with Crippen molar-refractivity contribution in [1.82, 2.24) is 4.98 Å². The predicted octanol–water partition coefficient (Wildman–Crippen LogP) is -4.54. The molecule has 0 radical (unpaired) electrons. The lowest BCUT2D eigenvalue weighted by atomic mass is 9.87. The standard InChI is InChI=1S/C22H39N7O12S3/c1-21(7-30)15(36)11(32)14(35)18(41-21)39-16-12(33)13(34)17(40-22(16,2)8-31)27-19(24)28-20-26-9(6-43-20)5-42-4-3-10(23)29-44(25,37)38/h6,11-18,30-36H,3-5,7-8H2,1-2H3,(H2,23,29)(H2,25,37,38)(H3,24,26,27,28)/t11-,12-,13-,14-,15-,16+,17?,18-,21-,22-/m1/s1. The van der Waals surface area contributed by atoms with Gasteiger partial charge in [-0.25, -0.2) is 15.1 Å². The maximum atomic E-state index is 10.9.